The van der Waals surface area contributed by atoms with Crippen molar-refractivity contribution in [1.29, 1.82) is 0 Å². The number of rotatable bonds is 4. The van der Waals surface area contributed by atoms with Crippen molar-refractivity contribution in [3.63, 3.8) is 0 Å². The maximum Gasteiger partial charge on any atom is 0.347 e. The van der Waals surface area contributed by atoms with Gasteiger partial charge in [0.2, 0.25) is 5.91 Å². The smallest absolute Gasteiger partial charge is 0.347 e. The summed E-state index contributed by atoms with van der Waals surface area (Å²) in [6, 6.07) is 10.0. The highest BCUT2D eigenvalue weighted by Crippen LogP contribution is 2.22. The van der Waals surface area contributed by atoms with Gasteiger partial charge in [0.05, 0.1) is 13.2 Å². The van der Waals surface area contributed by atoms with Gasteiger partial charge in [0, 0.05) is 31.9 Å². The molecule has 1 aromatic heterocycles. The molecule has 2 aromatic rings. The van der Waals surface area contributed by atoms with Gasteiger partial charge in [-0.3, -0.25) is 4.79 Å². The molecule has 1 aliphatic heterocycles. The summed E-state index contributed by atoms with van der Waals surface area (Å²) in [4.78, 5) is 29.9. The number of esters is 1. The SMILES string of the molecule is CC(=O)Nc1ccc(OC(=O)c2cccnc2N2CCOCC2)cc1. The number of hydrogen-bond acceptors (Lipinski definition) is 6. The molecule has 1 N–H and O–H groups in total. The van der Waals surface area contributed by atoms with Crippen molar-refractivity contribution in [2.24, 2.45) is 0 Å². The number of ether oxygens (including phenoxy) is 2. The number of anilines is 2. The summed E-state index contributed by atoms with van der Waals surface area (Å²) in [7, 11) is 0. The lowest BCUT2D eigenvalue weighted by Crippen LogP contribution is -2.37. The predicted molar refractivity (Wildman–Crippen MR) is 93.0 cm³/mol. The van der Waals surface area contributed by atoms with Gasteiger partial charge < -0.3 is 19.7 Å². The fraction of sp³-hybridized carbons (Fsp3) is 0.278. The molecule has 130 valence electrons. The Labute approximate surface area is 145 Å². The van der Waals surface area contributed by atoms with E-state index < -0.39 is 5.97 Å². The van der Waals surface area contributed by atoms with Crippen molar-refractivity contribution in [2.45, 2.75) is 6.92 Å². The normalized spacial score (nSPS) is 14.0. The van der Waals surface area contributed by atoms with E-state index >= 15 is 0 Å². The number of aromatic nitrogens is 1. The first kappa shape index (κ1) is 16.9. The lowest BCUT2D eigenvalue weighted by atomic mass is 10.2. The highest BCUT2D eigenvalue weighted by atomic mass is 16.5. The molecule has 25 heavy (non-hydrogen) atoms. The second kappa shape index (κ2) is 7.76. The van der Waals surface area contributed by atoms with E-state index in [2.05, 4.69) is 10.3 Å². The number of nitrogens with one attached hydrogen (secondary N) is 1. The summed E-state index contributed by atoms with van der Waals surface area (Å²) >= 11 is 0. The molecular weight excluding hydrogens is 322 g/mol. The second-order valence-corrected chi connectivity index (χ2v) is 5.57. The lowest BCUT2D eigenvalue weighted by Gasteiger charge is -2.28. The lowest BCUT2D eigenvalue weighted by molar-refractivity contribution is -0.114. The average molecular weight is 341 g/mol. The van der Waals surface area contributed by atoms with Crippen LogP contribution in [0.1, 0.15) is 17.3 Å². The minimum Gasteiger partial charge on any atom is -0.423 e. The standard InChI is InChI=1S/C18H19N3O4/c1-13(22)20-14-4-6-15(7-5-14)25-18(23)16-3-2-8-19-17(16)21-9-11-24-12-10-21/h2-8H,9-12H2,1H3,(H,20,22). The van der Waals surface area contributed by atoms with Gasteiger partial charge in [0.1, 0.15) is 17.1 Å². The molecule has 7 nitrogen and oxygen atoms in total. The van der Waals surface area contributed by atoms with Crippen LogP contribution in [0.3, 0.4) is 0 Å². The summed E-state index contributed by atoms with van der Waals surface area (Å²) in [5, 5.41) is 2.66. The number of amides is 1. The van der Waals surface area contributed by atoms with E-state index in [1.54, 1.807) is 42.6 Å². The summed E-state index contributed by atoms with van der Waals surface area (Å²) in [6.07, 6.45) is 1.66. The number of carbonyl (C=O) groups is 2. The summed E-state index contributed by atoms with van der Waals surface area (Å²) in [6.45, 7) is 4.01. The fourth-order valence-electron chi connectivity index (χ4n) is 2.56. The van der Waals surface area contributed by atoms with Gasteiger partial charge in [0.25, 0.3) is 0 Å². The molecule has 0 spiro atoms. The highest BCUT2D eigenvalue weighted by Gasteiger charge is 2.21. The van der Waals surface area contributed by atoms with Crippen molar-refractivity contribution < 1.29 is 19.1 Å². The molecule has 2 heterocycles. The van der Waals surface area contributed by atoms with E-state index in [-0.39, 0.29) is 5.91 Å². The number of hydrogen-bond donors (Lipinski definition) is 1. The van der Waals surface area contributed by atoms with Crippen molar-refractivity contribution >= 4 is 23.4 Å². The Hall–Kier alpha value is -2.93. The van der Waals surface area contributed by atoms with Crippen LogP contribution in [-0.2, 0) is 9.53 Å². The minimum atomic E-state index is -0.470. The third-order valence-corrected chi connectivity index (χ3v) is 3.70. The summed E-state index contributed by atoms with van der Waals surface area (Å²) in [5.74, 6) is 0.374. The van der Waals surface area contributed by atoms with E-state index in [0.29, 0.717) is 49.1 Å². The number of carbonyl (C=O) groups excluding carboxylic acids is 2. The Morgan fingerprint density at radius 2 is 1.88 bits per heavy atom. The van der Waals surface area contributed by atoms with Crippen molar-refractivity contribution in [2.75, 3.05) is 36.5 Å². The first-order valence-corrected chi connectivity index (χ1v) is 8.01. The van der Waals surface area contributed by atoms with E-state index in [0.717, 1.165) is 0 Å². The molecule has 7 heteroatoms. The Bertz CT molecular complexity index is 755. The molecular formula is C18H19N3O4. The summed E-state index contributed by atoms with van der Waals surface area (Å²) in [5.41, 5.74) is 1.05. The topological polar surface area (TPSA) is 80.8 Å². The molecule has 1 saturated heterocycles. The monoisotopic (exact) mass is 341 g/mol. The molecule has 1 amide bonds. The van der Waals surface area contributed by atoms with Crippen molar-refractivity contribution in [1.82, 2.24) is 4.98 Å². The Balaban J connectivity index is 1.74. The van der Waals surface area contributed by atoms with Gasteiger partial charge >= 0.3 is 5.97 Å². The molecule has 0 atom stereocenters. The maximum absolute atomic E-state index is 12.6. The second-order valence-electron chi connectivity index (χ2n) is 5.57. The van der Waals surface area contributed by atoms with Gasteiger partial charge in [-0.2, -0.15) is 0 Å². The Morgan fingerprint density at radius 1 is 1.16 bits per heavy atom. The van der Waals surface area contributed by atoms with Crippen LogP contribution in [0.15, 0.2) is 42.6 Å². The third kappa shape index (κ3) is 4.33. The first-order chi connectivity index (χ1) is 12.1. The first-order valence-electron chi connectivity index (χ1n) is 8.01. The number of morpholine rings is 1. The zero-order valence-electron chi connectivity index (χ0n) is 13.9. The van der Waals surface area contributed by atoms with Crippen LogP contribution in [0.25, 0.3) is 0 Å². The van der Waals surface area contributed by atoms with Crippen molar-refractivity contribution in [3.05, 3.63) is 48.2 Å². The molecule has 0 saturated carbocycles. The van der Waals surface area contributed by atoms with Crippen LogP contribution in [0.4, 0.5) is 11.5 Å². The van der Waals surface area contributed by atoms with Gasteiger partial charge in [-0.05, 0) is 36.4 Å². The fourth-order valence-corrected chi connectivity index (χ4v) is 2.56. The van der Waals surface area contributed by atoms with Crippen LogP contribution in [0.2, 0.25) is 0 Å². The van der Waals surface area contributed by atoms with Crippen LogP contribution < -0.4 is 15.0 Å². The molecule has 0 unspecified atom stereocenters. The Morgan fingerprint density at radius 3 is 2.56 bits per heavy atom. The molecule has 0 bridgehead atoms. The highest BCUT2D eigenvalue weighted by molar-refractivity contribution is 5.96. The largest absolute Gasteiger partial charge is 0.423 e. The van der Waals surface area contributed by atoms with Gasteiger partial charge in [0.15, 0.2) is 0 Å². The quantitative estimate of drug-likeness (QED) is 0.677. The zero-order valence-corrected chi connectivity index (χ0v) is 13.9. The van der Waals surface area contributed by atoms with Gasteiger partial charge in [-0.1, -0.05) is 0 Å². The molecule has 1 fully saturated rings. The zero-order chi connectivity index (χ0) is 17.6. The van der Waals surface area contributed by atoms with E-state index in [1.807, 2.05) is 4.90 Å². The number of benzene rings is 1. The van der Waals surface area contributed by atoms with E-state index in [1.165, 1.54) is 6.92 Å². The third-order valence-electron chi connectivity index (χ3n) is 3.70. The van der Waals surface area contributed by atoms with Crippen LogP contribution in [-0.4, -0.2) is 43.2 Å². The van der Waals surface area contributed by atoms with Crippen molar-refractivity contribution in [3.8, 4) is 5.75 Å². The molecule has 1 aromatic carbocycles. The predicted octanol–water partition coefficient (Wildman–Crippen LogP) is 2.10. The van der Waals surface area contributed by atoms with E-state index in [4.69, 9.17) is 9.47 Å². The van der Waals surface area contributed by atoms with Gasteiger partial charge in [-0.15, -0.1) is 0 Å². The Kier molecular flexibility index (Phi) is 5.25. The minimum absolute atomic E-state index is 0.157. The van der Waals surface area contributed by atoms with Crippen LogP contribution in [0, 0.1) is 0 Å². The van der Waals surface area contributed by atoms with Crippen LogP contribution >= 0.6 is 0 Å². The summed E-state index contributed by atoms with van der Waals surface area (Å²) < 4.78 is 10.8. The maximum atomic E-state index is 12.6. The molecule has 0 radical (unpaired) electrons. The number of pyridine rings is 1. The van der Waals surface area contributed by atoms with Crippen LogP contribution in [0.5, 0.6) is 5.75 Å². The molecule has 1 aliphatic rings. The number of nitrogens with zero attached hydrogens (tertiary/aromatic N) is 2. The average Bonchev–Trinajstić information content (AvgIpc) is 2.63. The molecule has 0 aliphatic carbocycles. The van der Waals surface area contributed by atoms with E-state index in [9.17, 15) is 9.59 Å². The van der Waals surface area contributed by atoms with Gasteiger partial charge in [-0.25, -0.2) is 9.78 Å². The molecule has 3 rings (SSSR count).